The Labute approximate surface area is 176 Å². The first-order valence-electron chi connectivity index (χ1n) is 9.96. The molecule has 1 aromatic carbocycles. The fourth-order valence-electron chi connectivity index (χ4n) is 3.99. The first-order chi connectivity index (χ1) is 14.0. The first kappa shape index (κ1) is 21.5. The van der Waals surface area contributed by atoms with Crippen molar-refractivity contribution in [1.29, 1.82) is 0 Å². The summed E-state index contributed by atoms with van der Waals surface area (Å²) in [5, 5.41) is 9.91. The number of hydrogen-bond donors (Lipinski definition) is 3. The predicted molar refractivity (Wildman–Crippen MR) is 116 cm³/mol. The normalized spacial score (nSPS) is 26.2. The fourth-order valence-corrected chi connectivity index (χ4v) is 4.90. The maximum Gasteiger partial charge on any atom is 0.336 e. The molecule has 2 aliphatic rings. The van der Waals surface area contributed by atoms with E-state index >= 15 is 0 Å². The summed E-state index contributed by atoms with van der Waals surface area (Å²) in [5.41, 5.74) is 3.07. The van der Waals surface area contributed by atoms with E-state index in [0.29, 0.717) is 5.57 Å². The molecule has 3 rings (SSSR count). The van der Waals surface area contributed by atoms with Crippen molar-refractivity contribution in [2.75, 3.05) is 12.4 Å². The summed E-state index contributed by atoms with van der Waals surface area (Å²) in [6, 6.07) is 7.89. The summed E-state index contributed by atoms with van der Waals surface area (Å²) in [7, 11) is 0. The van der Waals surface area contributed by atoms with Crippen molar-refractivity contribution >= 4 is 23.6 Å². The number of benzene rings is 1. The van der Waals surface area contributed by atoms with Gasteiger partial charge in [-0.1, -0.05) is 43.8 Å². The number of nitrogens with one attached hydrogen (secondary N) is 3. The van der Waals surface area contributed by atoms with Crippen LogP contribution in [-0.2, 0) is 14.3 Å². The molecule has 0 bridgehead atoms. The Balaban J connectivity index is 2.02. The molecule has 7 heteroatoms. The lowest BCUT2D eigenvalue weighted by atomic mass is 9.73. The molecule has 4 unspecified atom stereocenters. The van der Waals surface area contributed by atoms with Gasteiger partial charge in [-0.3, -0.25) is 10.1 Å². The lowest BCUT2D eigenvalue weighted by Gasteiger charge is -2.45. The highest BCUT2D eigenvalue weighted by Crippen LogP contribution is 2.41. The number of rotatable bonds is 7. The van der Waals surface area contributed by atoms with Crippen LogP contribution in [0.15, 0.2) is 48.2 Å². The Hall–Kier alpha value is -2.25. The van der Waals surface area contributed by atoms with E-state index in [-0.39, 0.29) is 24.2 Å². The van der Waals surface area contributed by atoms with Crippen LogP contribution in [0.1, 0.15) is 37.3 Å². The topological polar surface area (TPSA) is 79.5 Å². The first-order valence-corrected chi connectivity index (χ1v) is 11.0. The summed E-state index contributed by atoms with van der Waals surface area (Å²) in [6.45, 7) is 9.73. The van der Waals surface area contributed by atoms with Crippen LogP contribution in [0, 0.1) is 12.8 Å². The van der Waals surface area contributed by atoms with Gasteiger partial charge in [0.15, 0.2) is 0 Å². The van der Waals surface area contributed by atoms with Crippen molar-refractivity contribution in [3.8, 4) is 0 Å². The monoisotopic (exact) mass is 415 g/mol. The standard InChI is InChI=1S/C22H29N3O3S/c1-5-11-28-21(27)16-14(4)23-19-18(17(16)15-10-8-7-9-13(15)3)20(26)25-22(24-19)29-12-6-2/h5,7-10,17-19,22-24H,1,6,11-12H2,2-4H3,(H,25,26). The average molecular weight is 416 g/mol. The Morgan fingerprint density at radius 3 is 2.72 bits per heavy atom. The third kappa shape index (κ3) is 4.51. The number of carbonyl (C=O) groups excluding carboxylic acids is 2. The van der Waals surface area contributed by atoms with E-state index < -0.39 is 17.8 Å². The van der Waals surface area contributed by atoms with Crippen molar-refractivity contribution in [1.82, 2.24) is 16.0 Å². The molecule has 0 saturated carbocycles. The van der Waals surface area contributed by atoms with E-state index in [2.05, 4.69) is 29.5 Å². The molecule has 0 aromatic heterocycles. The van der Waals surface area contributed by atoms with Gasteiger partial charge in [-0.2, -0.15) is 0 Å². The van der Waals surface area contributed by atoms with E-state index in [1.165, 1.54) is 0 Å². The molecule has 1 amide bonds. The Morgan fingerprint density at radius 1 is 1.28 bits per heavy atom. The van der Waals surface area contributed by atoms with Crippen molar-refractivity contribution in [3.05, 3.63) is 59.3 Å². The zero-order valence-corrected chi connectivity index (χ0v) is 18.0. The quantitative estimate of drug-likeness (QED) is 0.469. The average Bonchev–Trinajstić information content (AvgIpc) is 2.69. The van der Waals surface area contributed by atoms with Gasteiger partial charge in [-0.05, 0) is 37.1 Å². The summed E-state index contributed by atoms with van der Waals surface area (Å²) < 4.78 is 5.37. The van der Waals surface area contributed by atoms with Gasteiger partial charge < -0.3 is 15.4 Å². The zero-order chi connectivity index (χ0) is 21.0. The second kappa shape index (κ2) is 9.50. The van der Waals surface area contributed by atoms with E-state index in [9.17, 15) is 9.59 Å². The number of thioether (sulfide) groups is 1. The van der Waals surface area contributed by atoms with Crippen LogP contribution in [-0.4, -0.2) is 35.9 Å². The molecule has 1 aromatic rings. The third-order valence-corrected chi connectivity index (χ3v) is 6.51. The largest absolute Gasteiger partial charge is 0.458 e. The summed E-state index contributed by atoms with van der Waals surface area (Å²) >= 11 is 1.67. The van der Waals surface area contributed by atoms with Crippen LogP contribution in [0.4, 0.5) is 0 Å². The Kier molecular flexibility index (Phi) is 7.03. The second-order valence-corrected chi connectivity index (χ2v) is 8.55. The molecule has 0 aliphatic carbocycles. The van der Waals surface area contributed by atoms with Crippen LogP contribution in [0.2, 0.25) is 0 Å². The molecule has 3 N–H and O–H groups in total. The van der Waals surface area contributed by atoms with Gasteiger partial charge in [0.05, 0.1) is 17.7 Å². The highest BCUT2D eigenvalue weighted by atomic mass is 32.2. The van der Waals surface area contributed by atoms with E-state index in [1.54, 1.807) is 17.8 Å². The molecular weight excluding hydrogens is 386 g/mol. The molecule has 156 valence electrons. The van der Waals surface area contributed by atoms with Gasteiger partial charge in [0, 0.05) is 11.6 Å². The number of aryl methyl sites for hydroxylation is 1. The molecule has 2 heterocycles. The molecular formula is C22H29N3O3S. The van der Waals surface area contributed by atoms with Crippen LogP contribution in [0.3, 0.4) is 0 Å². The Morgan fingerprint density at radius 2 is 2.03 bits per heavy atom. The van der Waals surface area contributed by atoms with Crippen LogP contribution < -0.4 is 16.0 Å². The molecule has 0 radical (unpaired) electrons. The lowest BCUT2D eigenvalue weighted by Crippen LogP contribution is -2.67. The minimum atomic E-state index is -0.468. The number of amides is 1. The van der Waals surface area contributed by atoms with Crippen LogP contribution in [0.25, 0.3) is 0 Å². The van der Waals surface area contributed by atoms with Gasteiger partial charge in [0.25, 0.3) is 0 Å². The highest BCUT2D eigenvalue weighted by molar-refractivity contribution is 7.99. The minimum Gasteiger partial charge on any atom is -0.458 e. The van der Waals surface area contributed by atoms with Crippen LogP contribution >= 0.6 is 11.8 Å². The number of hydrogen-bond acceptors (Lipinski definition) is 6. The third-order valence-electron chi connectivity index (χ3n) is 5.28. The maximum absolute atomic E-state index is 13.2. The minimum absolute atomic E-state index is 0.0652. The number of carbonyl (C=O) groups is 2. The number of fused-ring (bicyclic) bond motifs is 1. The van der Waals surface area contributed by atoms with Crippen molar-refractivity contribution < 1.29 is 14.3 Å². The molecule has 1 saturated heterocycles. The van der Waals surface area contributed by atoms with Gasteiger partial charge in [0.2, 0.25) is 5.91 Å². The van der Waals surface area contributed by atoms with E-state index in [4.69, 9.17) is 4.74 Å². The van der Waals surface area contributed by atoms with Gasteiger partial charge in [0.1, 0.15) is 12.1 Å². The number of ether oxygens (including phenoxy) is 1. The SMILES string of the molecule is C=CCOC(=O)C1=C(C)NC2NC(SCCC)NC(=O)C2C1c1ccccc1C. The van der Waals surface area contributed by atoms with Crippen molar-refractivity contribution in [3.63, 3.8) is 0 Å². The van der Waals surface area contributed by atoms with Crippen molar-refractivity contribution in [2.45, 2.75) is 44.8 Å². The lowest BCUT2D eigenvalue weighted by molar-refractivity contribution is -0.139. The summed E-state index contributed by atoms with van der Waals surface area (Å²) in [5.74, 6) is -0.403. The molecule has 2 aliphatic heterocycles. The number of allylic oxidation sites excluding steroid dienone is 1. The molecule has 0 spiro atoms. The van der Waals surface area contributed by atoms with Crippen molar-refractivity contribution in [2.24, 2.45) is 5.92 Å². The summed E-state index contributed by atoms with van der Waals surface area (Å²) in [6.07, 6.45) is 2.31. The Bertz CT molecular complexity index is 823. The second-order valence-electron chi connectivity index (χ2n) is 7.33. The zero-order valence-electron chi connectivity index (χ0n) is 17.2. The van der Waals surface area contributed by atoms with Crippen LogP contribution in [0.5, 0.6) is 0 Å². The summed E-state index contributed by atoms with van der Waals surface area (Å²) in [4.78, 5) is 26.1. The van der Waals surface area contributed by atoms with Gasteiger partial charge in [-0.15, -0.1) is 11.8 Å². The maximum atomic E-state index is 13.2. The number of esters is 1. The highest BCUT2D eigenvalue weighted by Gasteiger charge is 2.48. The fraction of sp³-hybridized carbons (Fsp3) is 0.455. The predicted octanol–water partition coefficient (Wildman–Crippen LogP) is 2.77. The van der Waals surface area contributed by atoms with E-state index in [0.717, 1.165) is 29.0 Å². The molecule has 4 atom stereocenters. The van der Waals surface area contributed by atoms with Gasteiger partial charge in [-0.25, -0.2) is 4.79 Å². The smallest absolute Gasteiger partial charge is 0.336 e. The van der Waals surface area contributed by atoms with Gasteiger partial charge >= 0.3 is 5.97 Å². The molecule has 1 fully saturated rings. The van der Waals surface area contributed by atoms with E-state index in [1.807, 2.05) is 38.1 Å². The molecule has 6 nitrogen and oxygen atoms in total. The molecule has 29 heavy (non-hydrogen) atoms.